The predicted octanol–water partition coefficient (Wildman–Crippen LogP) is 2.57. The molecule has 1 aromatic carbocycles. The molecule has 0 bridgehead atoms. The van der Waals surface area contributed by atoms with E-state index >= 15 is 0 Å². The Morgan fingerprint density at radius 1 is 1.47 bits per heavy atom. The van der Waals surface area contributed by atoms with E-state index in [0.29, 0.717) is 4.99 Å². The van der Waals surface area contributed by atoms with Crippen LogP contribution >= 0.6 is 12.2 Å². The highest BCUT2D eigenvalue weighted by atomic mass is 32.1. The molecule has 1 aromatic rings. The van der Waals surface area contributed by atoms with Crippen LogP contribution in [0.3, 0.4) is 0 Å². The molecule has 0 atom stereocenters. The maximum atomic E-state index is 5.74. The van der Waals surface area contributed by atoms with Crippen molar-refractivity contribution >= 4 is 17.2 Å². The fourth-order valence-electron chi connectivity index (χ4n) is 2.25. The lowest BCUT2D eigenvalue weighted by atomic mass is 9.92. The molecule has 1 fully saturated rings. The molecule has 4 heteroatoms. The molecule has 0 saturated heterocycles. The lowest BCUT2D eigenvalue weighted by Crippen LogP contribution is -2.38. The van der Waals surface area contributed by atoms with E-state index in [-0.39, 0.29) is 0 Å². The quantitative estimate of drug-likeness (QED) is 0.614. The van der Waals surface area contributed by atoms with Gasteiger partial charge in [0.05, 0.1) is 6.61 Å². The first-order valence-corrected chi connectivity index (χ1v) is 7.30. The number of benzene rings is 1. The molecule has 0 unspecified atom stereocenters. The highest BCUT2D eigenvalue weighted by Gasteiger charge is 2.21. The molecule has 2 rings (SSSR count). The topological polar surface area (TPSA) is 38.5 Å². The highest BCUT2D eigenvalue weighted by molar-refractivity contribution is 7.80. The second kappa shape index (κ2) is 6.87. The highest BCUT2D eigenvalue weighted by Crippen LogP contribution is 2.23. The Hall–Kier alpha value is -1.13. The molecule has 0 heterocycles. The third-order valence-electron chi connectivity index (χ3n) is 3.74. The molecule has 1 aliphatic rings. The van der Waals surface area contributed by atoms with Gasteiger partial charge in [-0.1, -0.05) is 30.8 Å². The summed E-state index contributed by atoms with van der Waals surface area (Å²) < 4.78 is 5.74. The van der Waals surface area contributed by atoms with E-state index < -0.39 is 0 Å². The minimum atomic E-state index is 0.412. The van der Waals surface area contributed by atoms with Crippen molar-refractivity contribution in [2.24, 2.45) is 5.73 Å². The molecule has 1 saturated carbocycles. The third-order valence-corrected chi connectivity index (χ3v) is 3.98. The number of thiocarbonyl (C=S) groups is 1. The van der Waals surface area contributed by atoms with E-state index in [1.54, 1.807) is 0 Å². The first-order valence-electron chi connectivity index (χ1n) is 6.90. The summed E-state index contributed by atoms with van der Waals surface area (Å²) >= 11 is 4.96. The first-order chi connectivity index (χ1) is 9.16. The fourth-order valence-corrected chi connectivity index (χ4v) is 2.38. The van der Waals surface area contributed by atoms with Crippen LogP contribution < -0.4 is 10.5 Å². The zero-order valence-electron chi connectivity index (χ0n) is 11.5. The van der Waals surface area contributed by atoms with Gasteiger partial charge >= 0.3 is 0 Å². The van der Waals surface area contributed by atoms with E-state index in [1.807, 2.05) is 24.3 Å². The smallest absolute Gasteiger partial charge is 0.119 e. The van der Waals surface area contributed by atoms with Crippen molar-refractivity contribution < 1.29 is 4.74 Å². The minimum Gasteiger partial charge on any atom is -0.494 e. The Morgan fingerprint density at radius 2 is 2.26 bits per heavy atom. The van der Waals surface area contributed by atoms with Gasteiger partial charge in [0.25, 0.3) is 0 Å². The van der Waals surface area contributed by atoms with Gasteiger partial charge in [0.15, 0.2) is 0 Å². The van der Waals surface area contributed by atoms with Crippen LogP contribution in [-0.2, 0) is 0 Å². The Labute approximate surface area is 120 Å². The fraction of sp³-hybridized carbons (Fsp3) is 0.533. The molecule has 3 nitrogen and oxygen atoms in total. The van der Waals surface area contributed by atoms with E-state index in [1.165, 1.54) is 19.3 Å². The lowest BCUT2D eigenvalue weighted by Gasteiger charge is -2.34. The van der Waals surface area contributed by atoms with Crippen LogP contribution in [0.2, 0.25) is 0 Å². The second-order valence-electron chi connectivity index (χ2n) is 5.16. The van der Waals surface area contributed by atoms with Gasteiger partial charge in [0.2, 0.25) is 0 Å². The van der Waals surface area contributed by atoms with Crippen LogP contribution in [0.15, 0.2) is 24.3 Å². The lowest BCUT2D eigenvalue weighted by molar-refractivity contribution is 0.149. The maximum absolute atomic E-state index is 5.74. The average molecular weight is 278 g/mol. The summed E-state index contributed by atoms with van der Waals surface area (Å²) in [5, 5.41) is 0. The molecular weight excluding hydrogens is 256 g/mol. The van der Waals surface area contributed by atoms with Crippen LogP contribution in [-0.4, -0.2) is 36.1 Å². The number of nitrogens with zero attached hydrogens (tertiary/aromatic N) is 1. The van der Waals surface area contributed by atoms with Gasteiger partial charge in [-0.05, 0) is 38.4 Å². The molecule has 0 amide bonds. The van der Waals surface area contributed by atoms with Crippen LogP contribution in [0.1, 0.15) is 31.2 Å². The summed E-state index contributed by atoms with van der Waals surface area (Å²) in [5.74, 6) is 0.844. The maximum Gasteiger partial charge on any atom is 0.119 e. The average Bonchev–Trinajstić information content (AvgIpc) is 2.33. The molecule has 1 aliphatic carbocycles. The molecular formula is C15H22N2OS. The molecule has 2 N–H and O–H groups in total. The van der Waals surface area contributed by atoms with Crippen molar-refractivity contribution in [3.63, 3.8) is 0 Å². The van der Waals surface area contributed by atoms with Crippen molar-refractivity contribution in [1.82, 2.24) is 4.90 Å². The van der Waals surface area contributed by atoms with Gasteiger partial charge in [-0.3, -0.25) is 0 Å². The normalized spacial score (nSPS) is 15.3. The summed E-state index contributed by atoms with van der Waals surface area (Å²) in [6, 6.07) is 8.47. The monoisotopic (exact) mass is 278 g/mol. The van der Waals surface area contributed by atoms with Gasteiger partial charge in [0.1, 0.15) is 10.7 Å². The zero-order chi connectivity index (χ0) is 13.7. The minimum absolute atomic E-state index is 0.412. The Kier molecular flexibility index (Phi) is 5.16. The van der Waals surface area contributed by atoms with Gasteiger partial charge in [-0.25, -0.2) is 0 Å². The number of hydrogen-bond acceptors (Lipinski definition) is 3. The standard InChI is InChI=1S/C15H22N2OS/c1-17(13-6-3-7-13)9-4-10-18-14-8-2-5-12(11-14)15(16)19/h2,5,8,11,13H,3-4,6-7,9-10H2,1H3,(H2,16,19). The Balaban J connectivity index is 1.70. The van der Waals surface area contributed by atoms with Gasteiger partial charge in [-0.15, -0.1) is 0 Å². The summed E-state index contributed by atoms with van der Waals surface area (Å²) in [6.45, 7) is 1.83. The largest absolute Gasteiger partial charge is 0.494 e. The SMILES string of the molecule is CN(CCCOc1cccc(C(N)=S)c1)C1CCC1. The van der Waals surface area contributed by atoms with Crippen molar-refractivity contribution in [3.05, 3.63) is 29.8 Å². The van der Waals surface area contributed by atoms with Crippen LogP contribution in [0.25, 0.3) is 0 Å². The summed E-state index contributed by atoms with van der Waals surface area (Å²) in [4.78, 5) is 2.85. The van der Waals surface area contributed by atoms with E-state index in [0.717, 1.165) is 36.9 Å². The van der Waals surface area contributed by atoms with Gasteiger partial charge in [0, 0.05) is 18.2 Å². The molecule has 104 valence electrons. The van der Waals surface area contributed by atoms with Crippen LogP contribution in [0.5, 0.6) is 5.75 Å². The van der Waals surface area contributed by atoms with Gasteiger partial charge in [-0.2, -0.15) is 0 Å². The molecule has 19 heavy (non-hydrogen) atoms. The Bertz CT molecular complexity index is 432. The predicted molar refractivity (Wildman–Crippen MR) is 82.7 cm³/mol. The molecule has 0 spiro atoms. The molecule has 0 aliphatic heterocycles. The van der Waals surface area contributed by atoms with Crippen LogP contribution in [0.4, 0.5) is 0 Å². The van der Waals surface area contributed by atoms with Crippen molar-refractivity contribution in [1.29, 1.82) is 0 Å². The number of hydrogen-bond donors (Lipinski definition) is 1. The second-order valence-corrected chi connectivity index (χ2v) is 5.60. The molecule has 0 aromatic heterocycles. The zero-order valence-corrected chi connectivity index (χ0v) is 12.3. The van der Waals surface area contributed by atoms with Crippen LogP contribution in [0, 0.1) is 0 Å². The van der Waals surface area contributed by atoms with E-state index in [2.05, 4.69) is 11.9 Å². The Morgan fingerprint density at radius 3 is 2.89 bits per heavy atom. The van der Waals surface area contributed by atoms with Crippen molar-refractivity contribution in [2.75, 3.05) is 20.2 Å². The summed E-state index contributed by atoms with van der Waals surface area (Å²) in [7, 11) is 2.21. The summed E-state index contributed by atoms with van der Waals surface area (Å²) in [6.07, 6.45) is 5.14. The van der Waals surface area contributed by atoms with E-state index in [9.17, 15) is 0 Å². The first kappa shape index (κ1) is 14.3. The van der Waals surface area contributed by atoms with Crippen molar-refractivity contribution in [3.8, 4) is 5.75 Å². The number of rotatable bonds is 7. The number of nitrogens with two attached hydrogens (primary N) is 1. The van der Waals surface area contributed by atoms with Gasteiger partial charge < -0.3 is 15.4 Å². The van der Waals surface area contributed by atoms with Crippen molar-refractivity contribution in [2.45, 2.75) is 31.7 Å². The third kappa shape index (κ3) is 4.18. The number of ether oxygens (including phenoxy) is 1. The van der Waals surface area contributed by atoms with E-state index in [4.69, 9.17) is 22.7 Å². The summed E-state index contributed by atoms with van der Waals surface area (Å²) in [5.41, 5.74) is 6.46. The molecule has 0 radical (unpaired) electrons.